The first-order chi connectivity index (χ1) is 11.4. The molecule has 2 aromatic rings. The zero-order valence-corrected chi connectivity index (χ0v) is 13.3. The third-order valence-corrected chi connectivity index (χ3v) is 3.25. The van der Waals surface area contributed by atoms with Gasteiger partial charge in [0, 0.05) is 16.8 Å². The predicted octanol–water partition coefficient (Wildman–Crippen LogP) is 3.00. The van der Waals surface area contributed by atoms with Crippen molar-refractivity contribution in [2.24, 2.45) is 0 Å². The normalized spacial score (nSPS) is 10.2. The number of methoxy groups -OCH3 is 1. The van der Waals surface area contributed by atoms with Gasteiger partial charge in [-0.2, -0.15) is 0 Å². The van der Waals surface area contributed by atoms with E-state index in [1.807, 2.05) is 0 Å². The van der Waals surface area contributed by atoms with Gasteiger partial charge < -0.3 is 15.4 Å². The second-order valence-electron chi connectivity index (χ2n) is 4.70. The van der Waals surface area contributed by atoms with Crippen molar-refractivity contribution in [2.45, 2.75) is 0 Å². The molecule has 0 fully saturated rings. The maximum Gasteiger partial charge on any atom is 0.255 e. The van der Waals surface area contributed by atoms with Gasteiger partial charge in [-0.05, 0) is 30.3 Å². The Morgan fingerprint density at radius 2 is 1.88 bits per heavy atom. The molecule has 0 aliphatic carbocycles. The van der Waals surface area contributed by atoms with Crippen molar-refractivity contribution in [3.8, 4) is 5.75 Å². The standard InChI is InChI=1S/C16H13ClF2N2O3/c1-24-14-5-2-9(17)6-11(14)16(23)20-8-15(22)21-10-3-4-12(18)13(19)7-10/h2-7H,8H2,1H3,(H,20,23)(H,21,22). The first-order valence-corrected chi connectivity index (χ1v) is 7.15. The summed E-state index contributed by atoms with van der Waals surface area (Å²) in [5, 5.41) is 5.07. The SMILES string of the molecule is COc1ccc(Cl)cc1C(=O)NCC(=O)Nc1ccc(F)c(F)c1. The van der Waals surface area contributed by atoms with E-state index in [0.29, 0.717) is 10.8 Å². The molecule has 0 saturated carbocycles. The van der Waals surface area contributed by atoms with Crippen molar-refractivity contribution >= 4 is 29.1 Å². The minimum absolute atomic E-state index is 0.0773. The summed E-state index contributed by atoms with van der Waals surface area (Å²) in [5.41, 5.74) is 0.249. The lowest BCUT2D eigenvalue weighted by atomic mass is 10.2. The molecule has 8 heteroatoms. The van der Waals surface area contributed by atoms with E-state index in [4.69, 9.17) is 16.3 Å². The molecule has 2 N–H and O–H groups in total. The highest BCUT2D eigenvalue weighted by Crippen LogP contribution is 2.22. The van der Waals surface area contributed by atoms with Gasteiger partial charge in [0.1, 0.15) is 5.75 Å². The third-order valence-electron chi connectivity index (χ3n) is 3.02. The van der Waals surface area contributed by atoms with E-state index in [-0.39, 0.29) is 17.8 Å². The van der Waals surface area contributed by atoms with Gasteiger partial charge in [0.25, 0.3) is 5.91 Å². The van der Waals surface area contributed by atoms with E-state index in [2.05, 4.69) is 10.6 Å². The highest BCUT2D eigenvalue weighted by molar-refractivity contribution is 6.31. The summed E-state index contributed by atoms with van der Waals surface area (Å²) in [4.78, 5) is 23.9. The largest absolute Gasteiger partial charge is 0.496 e. The van der Waals surface area contributed by atoms with Crippen molar-refractivity contribution < 1.29 is 23.1 Å². The van der Waals surface area contributed by atoms with Crippen LogP contribution >= 0.6 is 11.6 Å². The summed E-state index contributed by atoms with van der Waals surface area (Å²) < 4.78 is 30.9. The van der Waals surface area contributed by atoms with Crippen LogP contribution < -0.4 is 15.4 Å². The minimum Gasteiger partial charge on any atom is -0.496 e. The Morgan fingerprint density at radius 1 is 1.12 bits per heavy atom. The maximum absolute atomic E-state index is 13.1. The molecule has 0 heterocycles. The van der Waals surface area contributed by atoms with Crippen molar-refractivity contribution in [3.63, 3.8) is 0 Å². The zero-order valence-electron chi connectivity index (χ0n) is 12.5. The number of benzene rings is 2. The summed E-state index contributed by atoms with van der Waals surface area (Å²) in [6.07, 6.45) is 0. The molecule has 24 heavy (non-hydrogen) atoms. The topological polar surface area (TPSA) is 67.4 Å². The Bertz CT molecular complexity index is 784. The van der Waals surface area contributed by atoms with Crippen molar-refractivity contribution in [2.75, 3.05) is 19.0 Å². The Balaban J connectivity index is 1.97. The minimum atomic E-state index is -1.08. The molecule has 0 saturated heterocycles. The van der Waals surface area contributed by atoms with Crippen LogP contribution in [0.25, 0.3) is 0 Å². The number of carbonyl (C=O) groups excluding carboxylic acids is 2. The molecule has 0 bridgehead atoms. The lowest BCUT2D eigenvalue weighted by Crippen LogP contribution is -2.33. The summed E-state index contributed by atoms with van der Waals surface area (Å²) in [6, 6.07) is 7.43. The fourth-order valence-electron chi connectivity index (χ4n) is 1.89. The van der Waals surface area contributed by atoms with E-state index in [1.165, 1.54) is 25.3 Å². The number of anilines is 1. The molecule has 0 aliphatic rings. The van der Waals surface area contributed by atoms with E-state index in [1.54, 1.807) is 6.07 Å². The molecular formula is C16H13ClF2N2O3. The van der Waals surface area contributed by atoms with Gasteiger partial charge in [0.15, 0.2) is 11.6 Å². The van der Waals surface area contributed by atoms with Gasteiger partial charge in [-0.1, -0.05) is 11.6 Å². The molecule has 2 aromatic carbocycles. The summed E-state index contributed by atoms with van der Waals surface area (Å²) >= 11 is 5.83. The van der Waals surface area contributed by atoms with E-state index in [9.17, 15) is 18.4 Å². The first kappa shape index (κ1) is 17.7. The molecule has 2 rings (SSSR count). The number of nitrogens with one attached hydrogen (secondary N) is 2. The molecule has 0 spiro atoms. The quantitative estimate of drug-likeness (QED) is 0.867. The lowest BCUT2D eigenvalue weighted by Gasteiger charge is -2.10. The molecule has 0 unspecified atom stereocenters. The van der Waals surface area contributed by atoms with Gasteiger partial charge >= 0.3 is 0 Å². The second-order valence-corrected chi connectivity index (χ2v) is 5.14. The second kappa shape index (κ2) is 7.74. The van der Waals surface area contributed by atoms with Gasteiger partial charge in [-0.3, -0.25) is 9.59 Å². The molecule has 5 nitrogen and oxygen atoms in total. The monoisotopic (exact) mass is 354 g/mol. The number of hydrogen-bond donors (Lipinski definition) is 2. The third kappa shape index (κ3) is 4.42. The van der Waals surface area contributed by atoms with Crippen molar-refractivity contribution in [1.29, 1.82) is 0 Å². The van der Waals surface area contributed by atoms with Crippen LogP contribution in [-0.4, -0.2) is 25.5 Å². The fraction of sp³-hybridized carbons (Fsp3) is 0.125. The van der Waals surface area contributed by atoms with Crippen LogP contribution in [0.15, 0.2) is 36.4 Å². The van der Waals surface area contributed by atoms with Gasteiger partial charge in [0.05, 0.1) is 19.2 Å². The molecule has 0 radical (unpaired) electrons. The first-order valence-electron chi connectivity index (χ1n) is 6.77. The Kier molecular flexibility index (Phi) is 5.70. The molecule has 126 valence electrons. The number of amides is 2. The molecule has 0 atom stereocenters. The summed E-state index contributed by atoms with van der Waals surface area (Å²) in [6.45, 7) is -0.368. The van der Waals surface area contributed by atoms with Crippen LogP contribution in [0.4, 0.5) is 14.5 Å². The van der Waals surface area contributed by atoms with Gasteiger partial charge in [-0.25, -0.2) is 8.78 Å². The van der Waals surface area contributed by atoms with Crippen LogP contribution in [0.3, 0.4) is 0 Å². The predicted molar refractivity (Wildman–Crippen MR) is 85.3 cm³/mol. The average Bonchev–Trinajstić information content (AvgIpc) is 2.56. The number of ether oxygens (including phenoxy) is 1. The van der Waals surface area contributed by atoms with Crippen LogP contribution in [0, 0.1) is 11.6 Å². The Labute approximate surface area is 141 Å². The maximum atomic E-state index is 13.1. The number of halogens is 3. The number of carbonyl (C=O) groups is 2. The molecule has 0 aromatic heterocycles. The van der Waals surface area contributed by atoms with Crippen LogP contribution in [0.5, 0.6) is 5.75 Å². The van der Waals surface area contributed by atoms with Crippen molar-refractivity contribution in [1.82, 2.24) is 5.32 Å². The zero-order chi connectivity index (χ0) is 17.7. The molecule has 2 amide bonds. The lowest BCUT2D eigenvalue weighted by molar-refractivity contribution is -0.115. The Morgan fingerprint density at radius 3 is 2.54 bits per heavy atom. The van der Waals surface area contributed by atoms with Gasteiger partial charge in [-0.15, -0.1) is 0 Å². The highest BCUT2D eigenvalue weighted by Gasteiger charge is 2.14. The van der Waals surface area contributed by atoms with Crippen LogP contribution in [0.2, 0.25) is 5.02 Å². The van der Waals surface area contributed by atoms with Crippen molar-refractivity contribution in [3.05, 3.63) is 58.6 Å². The Hall–Kier alpha value is -2.67. The molecule has 0 aliphatic heterocycles. The average molecular weight is 355 g/mol. The van der Waals surface area contributed by atoms with Gasteiger partial charge in [0.2, 0.25) is 5.91 Å². The fourth-order valence-corrected chi connectivity index (χ4v) is 2.06. The van der Waals surface area contributed by atoms with Crippen LogP contribution in [0.1, 0.15) is 10.4 Å². The number of hydrogen-bond acceptors (Lipinski definition) is 3. The van der Waals surface area contributed by atoms with E-state index < -0.39 is 23.4 Å². The smallest absolute Gasteiger partial charge is 0.255 e. The van der Waals surface area contributed by atoms with Crippen LogP contribution in [-0.2, 0) is 4.79 Å². The number of rotatable bonds is 5. The van der Waals surface area contributed by atoms with E-state index in [0.717, 1.165) is 12.1 Å². The van der Waals surface area contributed by atoms with E-state index >= 15 is 0 Å². The molecular weight excluding hydrogens is 342 g/mol. The summed E-state index contributed by atoms with van der Waals surface area (Å²) in [5.74, 6) is -2.96. The summed E-state index contributed by atoms with van der Waals surface area (Å²) in [7, 11) is 1.40. The highest BCUT2D eigenvalue weighted by atomic mass is 35.5.